The van der Waals surface area contributed by atoms with Gasteiger partial charge in [0, 0.05) is 33.4 Å². The van der Waals surface area contributed by atoms with E-state index >= 15 is 0 Å². The van der Waals surface area contributed by atoms with Gasteiger partial charge in [-0.05, 0) is 33.4 Å². The topological polar surface area (TPSA) is 30.9 Å². The van der Waals surface area contributed by atoms with Gasteiger partial charge in [0.2, 0.25) is 0 Å². The summed E-state index contributed by atoms with van der Waals surface area (Å²) in [4.78, 5) is 2.45. The first-order chi connectivity index (χ1) is 16.5. The summed E-state index contributed by atoms with van der Waals surface area (Å²) in [5, 5.41) is 0. The van der Waals surface area contributed by atoms with Crippen LogP contribution in [0, 0.1) is 0 Å². The zero-order valence-corrected chi connectivity index (χ0v) is 25.3. The van der Waals surface area contributed by atoms with Crippen LogP contribution < -0.4 is 0 Å². The summed E-state index contributed by atoms with van der Waals surface area (Å²) in [5.74, 6) is 0. The lowest BCUT2D eigenvalue weighted by Gasteiger charge is -2.25. The molecule has 0 N–H and O–H groups in total. The molecule has 34 heavy (non-hydrogen) atoms. The third-order valence-corrected chi connectivity index (χ3v) is 10.4. The molecule has 0 aromatic heterocycles. The lowest BCUT2D eigenvalue weighted by atomic mass is 9.99. The smallest absolute Gasteiger partial charge is 0.377 e. The molecule has 0 aliphatic carbocycles. The zero-order valence-electron chi connectivity index (χ0n) is 24.3. The molecule has 0 aliphatic rings. The second-order valence-corrected chi connectivity index (χ2v) is 13.7. The molecule has 206 valence electrons. The molecule has 0 aromatic rings. The number of rotatable bonds is 27. The molecule has 0 bridgehead atoms. The SMILES string of the molecule is CCCCCCCCCCCCCCCCCC(CCCCCC[Si](OC)(OC)OC)N(C)C. The number of hydrogen-bond acceptors (Lipinski definition) is 4. The van der Waals surface area contributed by atoms with E-state index in [1.54, 1.807) is 21.3 Å². The summed E-state index contributed by atoms with van der Waals surface area (Å²) >= 11 is 0. The van der Waals surface area contributed by atoms with Crippen molar-refractivity contribution in [1.29, 1.82) is 0 Å². The van der Waals surface area contributed by atoms with E-state index in [0.29, 0.717) is 0 Å². The van der Waals surface area contributed by atoms with Crippen LogP contribution >= 0.6 is 0 Å². The lowest BCUT2D eigenvalue weighted by Crippen LogP contribution is -2.42. The molecule has 0 amide bonds. The molecule has 0 saturated carbocycles. The molecule has 0 fully saturated rings. The Morgan fingerprint density at radius 2 is 0.824 bits per heavy atom. The Labute approximate surface area is 216 Å². The van der Waals surface area contributed by atoms with Crippen molar-refractivity contribution in [3.8, 4) is 0 Å². The average molecular weight is 502 g/mol. The van der Waals surface area contributed by atoms with Crippen molar-refractivity contribution in [1.82, 2.24) is 4.90 Å². The van der Waals surface area contributed by atoms with Gasteiger partial charge in [0.15, 0.2) is 0 Å². The van der Waals surface area contributed by atoms with Crippen LogP contribution in [-0.4, -0.2) is 55.2 Å². The van der Waals surface area contributed by atoms with Crippen molar-refractivity contribution < 1.29 is 13.3 Å². The maximum absolute atomic E-state index is 5.52. The maximum atomic E-state index is 5.52. The van der Waals surface area contributed by atoms with Crippen LogP contribution in [0.5, 0.6) is 0 Å². The standard InChI is InChI=1S/C29H63NO3Si/c1-7-8-9-10-11-12-13-14-15-16-17-18-19-20-23-26-29(30(2)3)27-24-21-22-25-28-34(31-4,32-5)33-6/h29H,7-28H2,1-6H3. The van der Waals surface area contributed by atoms with Gasteiger partial charge in [-0.2, -0.15) is 0 Å². The summed E-state index contributed by atoms with van der Waals surface area (Å²) < 4.78 is 16.6. The van der Waals surface area contributed by atoms with E-state index in [9.17, 15) is 0 Å². The van der Waals surface area contributed by atoms with Crippen LogP contribution in [0.1, 0.15) is 142 Å². The van der Waals surface area contributed by atoms with Gasteiger partial charge in [-0.15, -0.1) is 0 Å². The van der Waals surface area contributed by atoms with Crippen molar-refractivity contribution in [3.05, 3.63) is 0 Å². The van der Waals surface area contributed by atoms with Crippen LogP contribution in [-0.2, 0) is 13.3 Å². The van der Waals surface area contributed by atoms with Gasteiger partial charge in [-0.3, -0.25) is 0 Å². The summed E-state index contributed by atoms with van der Waals surface area (Å²) in [6.45, 7) is 2.30. The van der Waals surface area contributed by atoms with E-state index < -0.39 is 8.80 Å². The van der Waals surface area contributed by atoms with Crippen LogP contribution in [0.3, 0.4) is 0 Å². The van der Waals surface area contributed by atoms with Crippen LogP contribution in [0.2, 0.25) is 6.04 Å². The minimum atomic E-state index is -2.37. The third kappa shape index (κ3) is 19.3. The van der Waals surface area contributed by atoms with Crippen molar-refractivity contribution in [2.75, 3.05) is 35.4 Å². The van der Waals surface area contributed by atoms with E-state index in [4.69, 9.17) is 13.3 Å². The number of hydrogen-bond donors (Lipinski definition) is 0. The van der Waals surface area contributed by atoms with E-state index in [0.717, 1.165) is 18.5 Å². The monoisotopic (exact) mass is 501 g/mol. The fraction of sp³-hybridized carbons (Fsp3) is 1.00. The second-order valence-electron chi connectivity index (χ2n) is 10.6. The number of unbranched alkanes of at least 4 members (excludes halogenated alkanes) is 17. The van der Waals surface area contributed by atoms with Crippen molar-refractivity contribution in [3.63, 3.8) is 0 Å². The Hall–Kier alpha value is 0.0569. The normalized spacial score (nSPS) is 13.1. The van der Waals surface area contributed by atoms with Gasteiger partial charge in [-0.25, -0.2) is 0 Å². The summed E-state index contributed by atoms with van der Waals surface area (Å²) in [5.41, 5.74) is 0. The van der Waals surface area contributed by atoms with Gasteiger partial charge < -0.3 is 18.2 Å². The molecule has 1 atom stereocenters. The Morgan fingerprint density at radius 1 is 0.500 bits per heavy atom. The third-order valence-electron chi connectivity index (χ3n) is 7.57. The fourth-order valence-electron chi connectivity index (χ4n) is 5.04. The molecular weight excluding hydrogens is 438 g/mol. The Kier molecular flexibility index (Phi) is 24.8. The predicted molar refractivity (Wildman–Crippen MR) is 152 cm³/mol. The molecule has 0 spiro atoms. The van der Waals surface area contributed by atoms with E-state index in [1.165, 1.54) is 128 Å². The summed E-state index contributed by atoms with van der Waals surface area (Å²) in [6.07, 6.45) is 29.3. The molecule has 0 radical (unpaired) electrons. The molecule has 5 heteroatoms. The van der Waals surface area contributed by atoms with Crippen LogP contribution in [0.15, 0.2) is 0 Å². The average Bonchev–Trinajstić information content (AvgIpc) is 2.84. The highest BCUT2D eigenvalue weighted by Crippen LogP contribution is 2.20. The van der Waals surface area contributed by atoms with Gasteiger partial charge in [0.25, 0.3) is 0 Å². The van der Waals surface area contributed by atoms with Crippen molar-refractivity contribution in [2.24, 2.45) is 0 Å². The van der Waals surface area contributed by atoms with Crippen LogP contribution in [0.25, 0.3) is 0 Å². The number of nitrogens with zero attached hydrogens (tertiary/aromatic N) is 1. The minimum absolute atomic E-state index is 0.743. The largest absolute Gasteiger partial charge is 0.500 e. The van der Waals surface area contributed by atoms with Crippen LogP contribution in [0.4, 0.5) is 0 Å². The first kappa shape index (κ1) is 34.1. The second kappa shape index (κ2) is 24.7. The molecule has 4 nitrogen and oxygen atoms in total. The first-order valence-corrected chi connectivity index (χ1v) is 16.8. The molecular formula is C29H63NO3Si. The van der Waals surface area contributed by atoms with E-state index in [1.807, 2.05) is 0 Å². The Balaban J connectivity index is 3.58. The van der Waals surface area contributed by atoms with Gasteiger partial charge >= 0.3 is 8.80 Å². The maximum Gasteiger partial charge on any atom is 0.500 e. The molecule has 0 aromatic carbocycles. The van der Waals surface area contributed by atoms with Gasteiger partial charge in [0.1, 0.15) is 0 Å². The molecule has 0 rings (SSSR count). The molecule has 0 heterocycles. The fourth-order valence-corrected chi connectivity index (χ4v) is 6.84. The summed E-state index contributed by atoms with van der Waals surface area (Å²) in [7, 11) is 7.26. The van der Waals surface area contributed by atoms with E-state index in [2.05, 4.69) is 25.9 Å². The lowest BCUT2D eigenvalue weighted by molar-refractivity contribution is 0.122. The Morgan fingerprint density at radius 3 is 1.15 bits per heavy atom. The first-order valence-electron chi connectivity index (χ1n) is 14.9. The molecule has 0 aliphatic heterocycles. The molecule has 1 unspecified atom stereocenters. The summed E-state index contributed by atoms with van der Waals surface area (Å²) in [6, 6.07) is 1.67. The van der Waals surface area contributed by atoms with E-state index in [-0.39, 0.29) is 0 Å². The highest BCUT2D eigenvalue weighted by Gasteiger charge is 2.36. The predicted octanol–water partition coefficient (Wildman–Crippen LogP) is 9.01. The van der Waals surface area contributed by atoms with Crippen molar-refractivity contribution in [2.45, 2.75) is 154 Å². The minimum Gasteiger partial charge on any atom is -0.377 e. The van der Waals surface area contributed by atoms with Gasteiger partial charge in [-0.1, -0.05) is 122 Å². The van der Waals surface area contributed by atoms with Gasteiger partial charge in [0.05, 0.1) is 0 Å². The highest BCUT2D eigenvalue weighted by molar-refractivity contribution is 6.60. The quantitative estimate of drug-likeness (QED) is 0.0829. The van der Waals surface area contributed by atoms with Crippen molar-refractivity contribution >= 4 is 8.80 Å². The molecule has 0 saturated heterocycles. The highest BCUT2D eigenvalue weighted by atomic mass is 28.4. The Bertz CT molecular complexity index is 397. The zero-order chi connectivity index (χ0) is 25.3.